The molecule has 1 amide bonds. The molecule has 2 rings (SSSR count). The minimum Gasteiger partial charge on any atom is -0.337 e. The van der Waals surface area contributed by atoms with E-state index >= 15 is 0 Å². The summed E-state index contributed by atoms with van der Waals surface area (Å²) in [5, 5.41) is 7.83. The van der Waals surface area contributed by atoms with Gasteiger partial charge in [0.05, 0.1) is 12.7 Å². The second-order valence-electron chi connectivity index (χ2n) is 4.72. The largest absolute Gasteiger partial charge is 0.337 e. The summed E-state index contributed by atoms with van der Waals surface area (Å²) in [6.07, 6.45) is 7.57. The molecule has 0 bridgehead atoms. The normalized spacial score (nSPS) is 17.3. The fourth-order valence-corrected chi connectivity index (χ4v) is 2.25. The molecule has 0 radical (unpaired) electrons. The van der Waals surface area contributed by atoms with Gasteiger partial charge in [0.25, 0.3) is 5.91 Å². The molecule has 0 aliphatic carbocycles. The lowest BCUT2D eigenvalue weighted by Crippen LogP contribution is -2.34. The molecule has 18 heavy (non-hydrogen) atoms. The Labute approximate surface area is 107 Å². The monoisotopic (exact) mass is 251 g/mol. The quantitative estimate of drug-likeness (QED) is 0.855. The van der Waals surface area contributed by atoms with Gasteiger partial charge in [-0.15, -0.1) is 5.10 Å². The second kappa shape index (κ2) is 6.49. The second-order valence-corrected chi connectivity index (χ2v) is 4.72. The average molecular weight is 251 g/mol. The molecule has 0 spiro atoms. The van der Waals surface area contributed by atoms with Crippen molar-refractivity contribution < 1.29 is 4.79 Å². The lowest BCUT2D eigenvalue weighted by atomic mass is 10.1. The molecular weight excluding hydrogens is 230 g/mol. The highest BCUT2D eigenvalue weighted by molar-refractivity contribution is 5.91. The third-order valence-corrected chi connectivity index (χ3v) is 3.26. The van der Waals surface area contributed by atoms with E-state index < -0.39 is 0 Å². The van der Waals surface area contributed by atoms with Crippen LogP contribution in [0.25, 0.3) is 0 Å². The Hall–Kier alpha value is -1.43. The zero-order chi connectivity index (χ0) is 12.8. The first-order valence-electron chi connectivity index (χ1n) is 6.71. The van der Waals surface area contributed by atoms with Gasteiger partial charge in [-0.05, 0) is 12.8 Å². The number of amides is 1. The Morgan fingerprint density at radius 3 is 2.56 bits per heavy atom. The number of hydrogen-bond donors (Lipinski definition) is 1. The Balaban J connectivity index is 1.99. The molecule has 6 heteroatoms. The summed E-state index contributed by atoms with van der Waals surface area (Å²) in [4.78, 5) is 14.2. The number of likely N-dealkylation sites (tertiary alicyclic amines) is 1. The molecule has 1 aliphatic rings. The van der Waals surface area contributed by atoms with Crippen LogP contribution >= 0.6 is 0 Å². The zero-order valence-electron chi connectivity index (χ0n) is 10.7. The van der Waals surface area contributed by atoms with Crippen molar-refractivity contribution in [3.63, 3.8) is 0 Å². The predicted octanol–water partition coefficient (Wildman–Crippen LogP) is 0.643. The van der Waals surface area contributed by atoms with E-state index in [1.165, 1.54) is 19.3 Å². The Kier molecular flexibility index (Phi) is 4.69. The maximum atomic E-state index is 12.3. The number of carbonyl (C=O) groups is 1. The highest BCUT2D eigenvalue weighted by Gasteiger charge is 2.19. The van der Waals surface area contributed by atoms with Gasteiger partial charge in [-0.2, -0.15) is 0 Å². The highest BCUT2D eigenvalue weighted by Crippen LogP contribution is 2.12. The van der Waals surface area contributed by atoms with Crippen molar-refractivity contribution >= 4 is 5.91 Å². The van der Waals surface area contributed by atoms with Crippen LogP contribution in [0.15, 0.2) is 6.20 Å². The van der Waals surface area contributed by atoms with E-state index in [1.807, 2.05) is 4.90 Å². The van der Waals surface area contributed by atoms with Gasteiger partial charge in [-0.25, -0.2) is 0 Å². The zero-order valence-corrected chi connectivity index (χ0v) is 10.7. The number of hydrogen-bond acceptors (Lipinski definition) is 4. The van der Waals surface area contributed by atoms with E-state index in [1.54, 1.807) is 10.9 Å². The number of nitrogens with zero attached hydrogens (tertiary/aromatic N) is 4. The maximum absolute atomic E-state index is 12.3. The molecular formula is C12H21N5O. The molecule has 0 saturated carbocycles. The van der Waals surface area contributed by atoms with Crippen molar-refractivity contribution in [2.45, 2.75) is 38.6 Å². The summed E-state index contributed by atoms with van der Waals surface area (Å²) in [7, 11) is 0. The van der Waals surface area contributed by atoms with E-state index in [9.17, 15) is 4.79 Å². The van der Waals surface area contributed by atoms with Crippen LogP contribution in [0.1, 0.15) is 42.6 Å². The highest BCUT2D eigenvalue weighted by atomic mass is 16.2. The maximum Gasteiger partial charge on any atom is 0.276 e. The summed E-state index contributed by atoms with van der Waals surface area (Å²) in [5.74, 6) is 0.000159. The van der Waals surface area contributed by atoms with E-state index in [2.05, 4.69) is 10.3 Å². The van der Waals surface area contributed by atoms with E-state index in [0.717, 1.165) is 25.9 Å². The molecule has 6 nitrogen and oxygen atoms in total. The fraction of sp³-hybridized carbons (Fsp3) is 0.750. The topological polar surface area (TPSA) is 77.0 Å². The SMILES string of the molecule is NCCn1cc(C(=O)N2CCCCCCC2)nn1. The first kappa shape index (κ1) is 13.0. The summed E-state index contributed by atoms with van der Waals surface area (Å²) in [5.41, 5.74) is 5.88. The minimum absolute atomic E-state index is 0.000159. The lowest BCUT2D eigenvalue weighted by molar-refractivity contribution is 0.0736. The van der Waals surface area contributed by atoms with Crippen molar-refractivity contribution in [3.8, 4) is 0 Å². The van der Waals surface area contributed by atoms with Crippen LogP contribution < -0.4 is 5.73 Å². The first-order chi connectivity index (χ1) is 8.81. The van der Waals surface area contributed by atoms with Gasteiger partial charge in [0.1, 0.15) is 0 Å². The van der Waals surface area contributed by atoms with Gasteiger partial charge in [0.2, 0.25) is 0 Å². The molecule has 0 aromatic carbocycles. The minimum atomic E-state index is 0.000159. The smallest absolute Gasteiger partial charge is 0.276 e. The van der Waals surface area contributed by atoms with Gasteiger partial charge in [-0.1, -0.05) is 24.5 Å². The molecule has 0 atom stereocenters. The number of aromatic nitrogens is 3. The number of carbonyl (C=O) groups excluding carboxylic acids is 1. The molecule has 0 unspecified atom stereocenters. The van der Waals surface area contributed by atoms with Crippen molar-refractivity contribution in [1.29, 1.82) is 0 Å². The Morgan fingerprint density at radius 1 is 1.22 bits per heavy atom. The summed E-state index contributed by atoms with van der Waals surface area (Å²) < 4.78 is 1.62. The third-order valence-electron chi connectivity index (χ3n) is 3.26. The van der Waals surface area contributed by atoms with Crippen LogP contribution in [0.4, 0.5) is 0 Å². The molecule has 1 aliphatic heterocycles. The fourth-order valence-electron chi connectivity index (χ4n) is 2.25. The van der Waals surface area contributed by atoms with Gasteiger partial charge < -0.3 is 10.6 Å². The molecule has 1 aromatic heterocycles. The van der Waals surface area contributed by atoms with Crippen LogP contribution in [0.5, 0.6) is 0 Å². The van der Waals surface area contributed by atoms with Crippen molar-refractivity contribution in [2.75, 3.05) is 19.6 Å². The average Bonchev–Trinajstić information content (AvgIpc) is 2.77. The molecule has 100 valence electrons. The Bertz CT molecular complexity index is 382. The molecule has 1 aromatic rings. The van der Waals surface area contributed by atoms with Gasteiger partial charge in [0, 0.05) is 19.6 Å². The third kappa shape index (κ3) is 3.29. The van der Waals surface area contributed by atoms with Crippen LogP contribution in [0, 0.1) is 0 Å². The first-order valence-corrected chi connectivity index (χ1v) is 6.71. The number of nitrogens with two attached hydrogens (primary N) is 1. The van der Waals surface area contributed by atoms with Crippen molar-refractivity contribution in [1.82, 2.24) is 19.9 Å². The summed E-state index contributed by atoms with van der Waals surface area (Å²) >= 11 is 0. The van der Waals surface area contributed by atoms with E-state index in [4.69, 9.17) is 5.73 Å². The van der Waals surface area contributed by atoms with Gasteiger partial charge in [0.15, 0.2) is 5.69 Å². The van der Waals surface area contributed by atoms with Crippen LogP contribution in [0.2, 0.25) is 0 Å². The van der Waals surface area contributed by atoms with E-state index in [0.29, 0.717) is 18.8 Å². The standard InChI is InChI=1S/C12H21N5O/c13-6-9-17-10-11(14-15-17)12(18)16-7-4-2-1-3-5-8-16/h10H,1-9,13H2. The Morgan fingerprint density at radius 2 is 1.89 bits per heavy atom. The molecule has 1 saturated heterocycles. The predicted molar refractivity (Wildman–Crippen MR) is 68.1 cm³/mol. The van der Waals surface area contributed by atoms with Crippen LogP contribution in [-0.4, -0.2) is 45.4 Å². The van der Waals surface area contributed by atoms with Crippen molar-refractivity contribution in [3.05, 3.63) is 11.9 Å². The molecule has 2 heterocycles. The summed E-state index contributed by atoms with van der Waals surface area (Å²) in [6.45, 7) is 2.77. The van der Waals surface area contributed by atoms with Gasteiger partial charge in [-0.3, -0.25) is 9.48 Å². The summed E-state index contributed by atoms with van der Waals surface area (Å²) in [6, 6.07) is 0. The van der Waals surface area contributed by atoms with E-state index in [-0.39, 0.29) is 5.91 Å². The van der Waals surface area contributed by atoms with Crippen LogP contribution in [-0.2, 0) is 6.54 Å². The molecule has 1 fully saturated rings. The number of rotatable bonds is 3. The van der Waals surface area contributed by atoms with Crippen LogP contribution in [0.3, 0.4) is 0 Å². The van der Waals surface area contributed by atoms with Gasteiger partial charge >= 0.3 is 0 Å². The van der Waals surface area contributed by atoms with Crippen molar-refractivity contribution in [2.24, 2.45) is 5.73 Å². The molecule has 2 N–H and O–H groups in total. The lowest BCUT2D eigenvalue weighted by Gasteiger charge is -2.23.